The SMILES string of the molecule is CCCOc1cc(C)nc(NC(CN)c2ccccc2)n1. The summed E-state index contributed by atoms with van der Waals surface area (Å²) >= 11 is 0. The van der Waals surface area contributed by atoms with Crippen molar-refractivity contribution in [3.8, 4) is 5.88 Å². The lowest BCUT2D eigenvalue weighted by Gasteiger charge is -2.18. The highest BCUT2D eigenvalue weighted by Gasteiger charge is 2.11. The Hall–Kier alpha value is -2.14. The number of aromatic nitrogens is 2. The van der Waals surface area contributed by atoms with E-state index in [1.807, 2.05) is 43.3 Å². The summed E-state index contributed by atoms with van der Waals surface area (Å²) in [5.74, 6) is 1.14. The zero-order valence-electron chi connectivity index (χ0n) is 12.5. The molecule has 1 unspecified atom stereocenters. The molecule has 0 spiro atoms. The molecule has 0 aliphatic rings. The van der Waals surface area contributed by atoms with Gasteiger partial charge in [-0.2, -0.15) is 4.98 Å². The minimum Gasteiger partial charge on any atom is -0.478 e. The number of benzene rings is 1. The Kier molecular flexibility index (Phi) is 5.51. The second-order valence-corrected chi connectivity index (χ2v) is 4.86. The summed E-state index contributed by atoms with van der Waals surface area (Å²) < 4.78 is 5.58. The summed E-state index contributed by atoms with van der Waals surface area (Å²) in [6, 6.07) is 11.9. The van der Waals surface area contributed by atoms with E-state index in [9.17, 15) is 0 Å². The van der Waals surface area contributed by atoms with Gasteiger partial charge in [-0.3, -0.25) is 0 Å². The van der Waals surface area contributed by atoms with Crippen LogP contribution in [0.25, 0.3) is 0 Å². The fraction of sp³-hybridized carbons (Fsp3) is 0.375. The van der Waals surface area contributed by atoms with Crippen LogP contribution in [0, 0.1) is 6.92 Å². The van der Waals surface area contributed by atoms with Crippen molar-refractivity contribution in [1.29, 1.82) is 0 Å². The Morgan fingerprint density at radius 3 is 2.67 bits per heavy atom. The lowest BCUT2D eigenvalue weighted by molar-refractivity contribution is 0.305. The largest absolute Gasteiger partial charge is 0.478 e. The quantitative estimate of drug-likeness (QED) is 0.818. The van der Waals surface area contributed by atoms with Gasteiger partial charge in [-0.05, 0) is 18.9 Å². The van der Waals surface area contributed by atoms with Gasteiger partial charge in [0.05, 0.1) is 12.6 Å². The van der Waals surface area contributed by atoms with Crippen LogP contribution in [0.15, 0.2) is 36.4 Å². The number of hydrogen-bond acceptors (Lipinski definition) is 5. The summed E-state index contributed by atoms with van der Waals surface area (Å²) in [4.78, 5) is 8.78. The van der Waals surface area contributed by atoms with E-state index in [1.165, 1.54) is 0 Å². The second kappa shape index (κ2) is 7.59. The summed E-state index contributed by atoms with van der Waals surface area (Å²) in [5.41, 5.74) is 7.84. The maximum atomic E-state index is 5.86. The lowest BCUT2D eigenvalue weighted by atomic mass is 10.1. The van der Waals surface area contributed by atoms with Gasteiger partial charge in [0, 0.05) is 18.3 Å². The van der Waals surface area contributed by atoms with Gasteiger partial charge < -0.3 is 15.8 Å². The Bertz CT molecular complexity index is 559. The topological polar surface area (TPSA) is 73.1 Å². The zero-order valence-corrected chi connectivity index (χ0v) is 12.5. The molecular formula is C16H22N4O. The predicted octanol–water partition coefficient (Wildman–Crippen LogP) is 2.69. The highest BCUT2D eigenvalue weighted by molar-refractivity contribution is 5.35. The van der Waals surface area contributed by atoms with E-state index in [0.717, 1.165) is 17.7 Å². The predicted molar refractivity (Wildman–Crippen MR) is 84.4 cm³/mol. The number of nitrogens with two attached hydrogens (primary N) is 1. The molecule has 1 atom stereocenters. The van der Waals surface area contributed by atoms with Crippen LogP contribution < -0.4 is 15.8 Å². The molecule has 1 aromatic carbocycles. The number of nitrogens with one attached hydrogen (secondary N) is 1. The van der Waals surface area contributed by atoms with Crippen LogP contribution in [0.4, 0.5) is 5.95 Å². The van der Waals surface area contributed by atoms with Crippen molar-refractivity contribution in [3.05, 3.63) is 47.7 Å². The Balaban J connectivity index is 2.15. The normalized spacial score (nSPS) is 12.0. The first kappa shape index (κ1) is 15.3. The minimum atomic E-state index is -0.0213. The van der Waals surface area contributed by atoms with Gasteiger partial charge in [0.15, 0.2) is 0 Å². The van der Waals surface area contributed by atoms with E-state index in [4.69, 9.17) is 10.5 Å². The summed E-state index contributed by atoms with van der Waals surface area (Å²) in [6.45, 7) is 5.10. The Morgan fingerprint density at radius 1 is 1.24 bits per heavy atom. The van der Waals surface area contributed by atoms with E-state index in [2.05, 4.69) is 22.2 Å². The van der Waals surface area contributed by atoms with Crippen LogP contribution in [0.3, 0.4) is 0 Å². The van der Waals surface area contributed by atoms with Crippen molar-refractivity contribution in [2.24, 2.45) is 5.73 Å². The number of rotatable bonds is 7. The number of aryl methyl sites for hydroxylation is 1. The number of anilines is 1. The van der Waals surface area contributed by atoms with Gasteiger partial charge in [0.2, 0.25) is 11.8 Å². The lowest BCUT2D eigenvalue weighted by Crippen LogP contribution is -2.22. The van der Waals surface area contributed by atoms with E-state index in [1.54, 1.807) is 0 Å². The van der Waals surface area contributed by atoms with Crippen LogP contribution >= 0.6 is 0 Å². The van der Waals surface area contributed by atoms with Gasteiger partial charge in [-0.15, -0.1) is 0 Å². The Labute approximate surface area is 125 Å². The molecule has 0 bridgehead atoms. The third-order valence-corrected chi connectivity index (χ3v) is 3.03. The van der Waals surface area contributed by atoms with Gasteiger partial charge in [0.25, 0.3) is 0 Å². The molecule has 21 heavy (non-hydrogen) atoms. The number of nitrogens with zero attached hydrogens (tertiary/aromatic N) is 2. The van der Waals surface area contributed by atoms with Crippen molar-refractivity contribution in [3.63, 3.8) is 0 Å². The minimum absolute atomic E-state index is 0.0213. The van der Waals surface area contributed by atoms with E-state index < -0.39 is 0 Å². The highest BCUT2D eigenvalue weighted by atomic mass is 16.5. The van der Waals surface area contributed by atoms with Crippen molar-refractivity contribution < 1.29 is 4.74 Å². The molecule has 0 fully saturated rings. The average molecular weight is 286 g/mol. The average Bonchev–Trinajstić information content (AvgIpc) is 2.51. The molecule has 0 saturated heterocycles. The molecule has 0 aliphatic carbocycles. The third-order valence-electron chi connectivity index (χ3n) is 3.03. The van der Waals surface area contributed by atoms with Crippen molar-refractivity contribution in [2.45, 2.75) is 26.3 Å². The summed E-state index contributed by atoms with van der Waals surface area (Å²) in [6.07, 6.45) is 0.946. The maximum Gasteiger partial charge on any atom is 0.226 e. The van der Waals surface area contributed by atoms with Crippen LogP contribution in [0.1, 0.15) is 30.6 Å². The molecule has 112 valence electrons. The molecule has 1 heterocycles. The van der Waals surface area contributed by atoms with E-state index in [0.29, 0.717) is 25.0 Å². The highest BCUT2D eigenvalue weighted by Crippen LogP contribution is 2.18. The van der Waals surface area contributed by atoms with Crippen LogP contribution in [0.5, 0.6) is 5.88 Å². The first-order chi connectivity index (χ1) is 10.2. The first-order valence-electron chi connectivity index (χ1n) is 7.23. The van der Waals surface area contributed by atoms with Crippen molar-refractivity contribution in [2.75, 3.05) is 18.5 Å². The molecule has 2 aromatic rings. The molecular weight excluding hydrogens is 264 g/mol. The molecule has 2 rings (SSSR count). The molecule has 5 heteroatoms. The summed E-state index contributed by atoms with van der Waals surface area (Å²) in [5, 5.41) is 3.28. The number of ether oxygens (including phenoxy) is 1. The van der Waals surface area contributed by atoms with Gasteiger partial charge in [0.1, 0.15) is 0 Å². The van der Waals surface area contributed by atoms with Gasteiger partial charge in [-0.1, -0.05) is 37.3 Å². The molecule has 1 aromatic heterocycles. The van der Waals surface area contributed by atoms with Crippen LogP contribution in [0.2, 0.25) is 0 Å². The number of hydrogen-bond donors (Lipinski definition) is 2. The zero-order chi connectivity index (χ0) is 15.1. The maximum absolute atomic E-state index is 5.86. The standard InChI is InChI=1S/C16H22N4O/c1-3-9-21-15-10-12(2)18-16(20-15)19-14(11-17)13-7-5-4-6-8-13/h4-8,10,14H,3,9,11,17H2,1-2H3,(H,18,19,20). The van der Waals surface area contributed by atoms with Crippen molar-refractivity contribution in [1.82, 2.24) is 9.97 Å². The van der Waals surface area contributed by atoms with Gasteiger partial charge >= 0.3 is 0 Å². The van der Waals surface area contributed by atoms with Crippen LogP contribution in [-0.4, -0.2) is 23.1 Å². The van der Waals surface area contributed by atoms with E-state index >= 15 is 0 Å². The molecule has 0 amide bonds. The molecule has 0 aliphatic heterocycles. The first-order valence-corrected chi connectivity index (χ1v) is 7.23. The Morgan fingerprint density at radius 2 is 2.00 bits per heavy atom. The second-order valence-electron chi connectivity index (χ2n) is 4.86. The molecule has 5 nitrogen and oxygen atoms in total. The smallest absolute Gasteiger partial charge is 0.226 e. The fourth-order valence-corrected chi connectivity index (χ4v) is 2.00. The fourth-order valence-electron chi connectivity index (χ4n) is 2.00. The van der Waals surface area contributed by atoms with E-state index in [-0.39, 0.29) is 6.04 Å². The van der Waals surface area contributed by atoms with Crippen LogP contribution in [-0.2, 0) is 0 Å². The molecule has 3 N–H and O–H groups in total. The third kappa shape index (κ3) is 4.43. The van der Waals surface area contributed by atoms with Gasteiger partial charge in [-0.25, -0.2) is 4.98 Å². The molecule has 0 radical (unpaired) electrons. The van der Waals surface area contributed by atoms with Crippen molar-refractivity contribution >= 4 is 5.95 Å². The summed E-state index contributed by atoms with van der Waals surface area (Å²) in [7, 11) is 0. The monoisotopic (exact) mass is 286 g/mol. The molecule has 0 saturated carbocycles.